The minimum absolute atomic E-state index is 0.0240. The third-order valence-electron chi connectivity index (χ3n) is 4.30. The first kappa shape index (κ1) is 34.8. The Kier molecular flexibility index (Phi) is 13.9. The van der Waals surface area contributed by atoms with Gasteiger partial charge >= 0.3 is 24.2 Å². The number of rotatable bonds is 12. The third-order valence-corrected chi connectivity index (χ3v) is 4.30. The summed E-state index contributed by atoms with van der Waals surface area (Å²) in [5.74, 6) is -1.99. The van der Waals surface area contributed by atoms with E-state index in [2.05, 4.69) is 21.3 Å². The van der Waals surface area contributed by atoms with Gasteiger partial charge in [0.15, 0.2) is 0 Å². The number of carboxylic acids is 1. The molecular formula is C25H46N4O9. The Morgan fingerprint density at radius 3 is 1.34 bits per heavy atom. The van der Waals surface area contributed by atoms with Crippen LogP contribution in [-0.4, -0.2) is 77.2 Å². The van der Waals surface area contributed by atoms with Gasteiger partial charge < -0.3 is 40.6 Å². The van der Waals surface area contributed by atoms with Crippen molar-refractivity contribution in [3.63, 3.8) is 0 Å². The maximum Gasteiger partial charge on any atom is 0.408 e. The molecule has 0 saturated carbocycles. The van der Waals surface area contributed by atoms with Gasteiger partial charge in [0.25, 0.3) is 0 Å². The van der Waals surface area contributed by atoms with Gasteiger partial charge in [0.2, 0.25) is 5.91 Å². The fraction of sp³-hybridized carbons (Fsp3) is 0.800. The molecule has 0 aliphatic rings. The van der Waals surface area contributed by atoms with E-state index in [4.69, 9.17) is 14.2 Å². The van der Waals surface area contributed by atoms with Crippen LogP contribution in [0.25, 0.3) is 0 Å². The molecule has 0 heterocycles. The lowest BCUT2D eigenvalue weighted by Crippen LogP contribution is -2.52. The van der Waals surface area contributed by atoms with Crippen LogP contribution in [0.3, 0.4) is 0 Å². The SMILES string of the molecule is CC(C)(C)OC(=O)NCCCC(NC(=O)[C@@H](CCCNC(=O)OC(C)(C)C)NC(=O)OC(C)(C)C)C(=O)O. The topological polar surface area (TPSA) is 181 Å². The molecule has 0 aliphatic carbocycles. The average molecular weight is 547 g/mol. The quantitative estimate of drug-likeness (QED) is 0.181. The number of aliphatic carboxylic acids is 1. The number of carboxylic acid groups (broad SMARTS) is 1. The number of hydrogen-bond donors (Lipinski definition) is 5. The minimum atomic E-state index is -1.27. The first-order valence-electron chi connectivity index (χ1n) is 12.6. The van der Waals surface area contributed by atoms with Gasteiger partial charge in [-0.15, -0.1) is 0 Å². The second-order valence-corrected chi connectivity index (χ2v) is 11.7. The molecule has 0 aliphatic heterocycles. The van der Waals surface area contributed by atoms with Crippen molar-refractivity contribution in [1.82, 2.24) is 21.3 Å². The fourth-order valence-corrected chi connectivity index (χ4v) is 2.87. The Balaban J connectivity index is 5.05. The molecule has 5 N–H and O–H groups in total. The summed E-state index contributed by atoms with van der Waals surface area (Å²) in [5, 5.41) is 19.6. The van der Waals surface area contributed by atoms with Gasteiger partial charge in [-0.3, -0.25) is 4.79 Å². The highest BCUT2D eigenvalue weighted by Crippen LogP contribution is 2.10. The van der Waals surface area contributed by atoms with Gasteiger partial charge in [0.05, 0.1) is 0 Å². The number of nitrogens with one attached hydrogen (secondary N) is 4. The van der Waals surface area contributed by atoms with Crippen LogP contribution in [0.1, 0.15) is 88.0 Å². The van der Waals surface area contributed by atoms with Crippen molar-refractivity contribution >= 4 is 30.2 Å². The molecule has 1 unspecified atom stereocenters. The van der Waals surface area contributed by atoms with E-state index in [-0.39, 0.29) is 38.8 Å². The zero-order valence-corrected chi connectivity index (χ0v) is 24.1. The lowest BCUT2D eigenvalue weighted by atomic mass is 10.1. The summed E-state index contributed by atoms with van der Waals surface area (Å²) in [6.45, 7) is 15.6. The van der Waals surface area contributed by atoms with Crippen LogP contribution in [-0.2, 0) is 23.8 Å². The van der Waals surface area contributed by atoms with Crippen LogP contribution in [0, 0.1) is 0 Å². The maximum absolute atomic E-state index is 12.9. The van der Waals surface area contributed by atoms with Crippen LogP contribution in [0.2, 0.25) is 0 Å². The van der Waals surface area contributed by atoms with E-state index < -0.39 is 59.0 Å². The first-order chi connectivity index (χ1) is 17.2. The van der Waals surface area contributed by atoms with E-state index in [1.165, 1.54) is 0 Å². The second kappa shape index (κ2) is 15.2. The summed E-state index contributed by atoms with van der Waals surface area (Å²) in [6.07, 6.45) is -1.44. The lowest BCUT2D eigenvalue weighted by Gasteiger charge is -2.25. The number of amides is 4. The molecule has 0 aromatic rings. The standard InChI is InChI=1S/C25H46N4O9/c1-23(2,3)36-20(33)26-14-10-12-16(29-22(35)38-25(7,8)9)18(30)28-17(19(31)32)13-11-15-27-21(34)37-24(4,5)6/h16-17H,10-15H2,1-9H3,(H,26,33)(H,27,34)(H,28,30)(H,29,35)(H,31,32)/t16-,17?/m1/s1. The van der Waals surface area contributed by atoms with Crippen molar-refractivity contribution < 1.29 is 43.3 Å². The van der Waals surface area contributed by atoms with Crippen molar-refractivity contribution in [2.45, 2.75) is 117 Å². The van der Waals surface area contributed by atoms with Gasteiger partial charge in [-0.2, -0.15) is 0 Å². The number of ether oxygens (including phenoxy) is 3. The summed E-state index contributed by atoms with van der Waals surface area (Å²) in [4.78, 5) is 60.5. The zero-order valence-electron chi connectivity index (χ0n) is 24.1. The molecule has 38 heavy (non-hydrogen) atoms. The van der Waals surface area contributed by atoms with Crippen LogP contribution < -0.4 is 21.3 Å². The Bertz CT molecular complexity index is 811. The lowest BCUT2D eigenvalue weighted by molar-refractivity contribution is -0.142. The van der Waals surface area contributed by atoms with Crippen molar-refractivity contribution in [3.05, 3.63) is 0 Å². The second-order valence-electron chi connectivity index (χ2n) is 11.7. The molecule has 0 aromatic carbocycles. The van der Waals surface area contributed by atoms with Crippen molar-refractivity contribution in [1.29, 1.82) is 0 Å². The van der Waals surface area contributed by atoms with Gasteiger partial charge in [-0.1, -0.05) is 0 Å². The zero-order chi connectivity index (χ0) is 29.7. The molecule has 0 spiro atoms. The van der Waals surface area contributed by atoms with Crippen molar-refractivity contribution in [3.8, 4) is 0 Å². The Morgan fingerprint density at radius 2 is 0.974 bits per heavy atom. The summed E-state index contributed by atoms with van der Waals surface area (Å²) in [7, 11) is 0. The number of carbonyl (C=O) groups is 5. The van der Waals surface area contributed by atoms with E-state index in [9.17, 15) is 29.1 Å². The van der Waals surface area contributed by atoms with Crippen molar-refractivity contribution in [2.75, 3.05) is 13.1 Å². The van der Waals surface area contributed by atoms with Gasteiger partial charge in [0, 0.05) is 13.1 Å². The Labute approximate surface area is 225 Å². The molecule has 13 nitrogen and oxygen atoms in total. The van der Waals surface area contributed by atoms with Crippen LogP contribution in [0.4, 0.5) is 14.4 Å². The van der Waals surface area contributed by atoms with Crippen LogP contribution in [0.5, 0.6) is 0 Å². The van der Waals surface area contributed by atoms with E-state index in [1.807, 2.05) is 0 Å². The van der Waals surface area contributed by atoms with Gasteiger partial charge in [-0.05, 0) is 88.0 Å². The number of carbonyl (C=O) groups excluding carboxylic acids is 4. The van der Waals surface area contributed by atoms with E-state index in [0.717, 1.165) is 0 Å². The molecule has 4 amide bonds. The Hall–Kier alpha value is -3.25. The highest BCUT2D eigenvalue weighted by atomic mass is 16.6. The number of hydrogen-bond acceptors (Lipinski definition) is 8. The molecule has 0 rings (SSSR count). The van der Waals surface area contributed by atoms with Gasteiger partial charge in [0.1, 0.15) is 28.9 Å². The largest absolute Gasteiger partial charge is 0.480 e. The van der Waals surface area contributed by atoms with E-state index in [1.54, 1.807) is 62.3 Å². The molecule has 0 radical (unpaired) electrons. The number of alkyl carbamates (subject to hydrolysis) is 3. The molecule has 0 bridgehead atoms. The van der Waals surface area contributed by atoms with E-state index in [0.29, 0.717) is 0 Å². The molecule has 0 fully saturated rings. The van der Waals surface area contributed by atoms with Gasteiger partial charge in [-0.25, -0.2) is 19.2 Å². The molecule has 220 valence electrons. The first-order valence-corrected chi connectivity index (χ1v) is 12.6. The molecule has 0 saturated heterocycles. The minimum Gasteiger partial charge on any atom is -0.480 e. The molecular weight excluding hydrogens is 500 g/mol. The predicted molar refractivity (Wildman–Crippen MR) is 140 cm³/mol. The summed E-state index contributed by atoms with van der Waals surface area (Å²) in [6, 6.07) is -2.38. The average Bonchev–Trinajstić information content (AvgIpc) is 2.68. The fourth-order valence-electron chi connectivity index (χ4n) is 2.87. The summed E-state index contributed by atoms with van der Waals surface area (Å²) >= 11 is 0. The van der Waals surface area contributed by atoms with E-state index >= 15 is 0 Å². The van der Waals surface area contributed by atoms with Crippen molar-refractivity contribution in [2.24, 2.45) is 0 Å². The Morgan fingerprint density at radius 1 is 0.605 bits per heavy atom. The molecule has 0 aromatic heterocycles. The molecule has 2 atom stereocenters. The monoisotopic (exact) mass is 546 g/mol. The normalized spacial score (nSPS) is 13.4. The summed E-state index contributed by atoms with van der Waals surface area (Å²) in [5.41, 5.74) is -2.15. The smallest absolute Gasteiger partial charge is 0.408 e. The predicted octanol–water partition coefficient (Wildman–Crippen LogP) is 3.06. The van der Waals surface area contributed by atoms with Crippen LogP contribution in [0.15, 0.2) is 0 Å². The van der Waals surface area contributed by atoms with Crippen LogP contribution >= 0.6 is 0 Å². The maximum atomic E-state index is 12.9. The summed E-state index contributed by atoms with van der Waals surface area (Å²) < 4.78 is 15.5. The highest BCUT2D eigenvalue weighted by molar-refractivity contribution is 5.89. The highest BCUT2D eigenvalue weighted by Gasteiger charge is 2.28. The molecule has 13 heteroatoms. The third kappa shape index (κ3) is 18.9.